The Kier molecular flexibility index (Phi) is 14.3. The number of fused-ring (bicyclic) bond motifs is 5. The summed E-state index contributed by atoms with van der Waals surface area (Å²) in [6.07, 6.45) is 24.4. The molecule has 3 aliphatic rings. The van der Waals surface area contributed by atoms with Gasteiger partial charge in [-0.1, -0.05) is 153 Å². The quantitative estimate of drug-likeness (QED) is 0.132. The molecule has 9 nitrogen and oxygen atoms in total. The number of benzene rings is 6. The molecule has 0 saturated carbocycles. The number of nitrogens with one attached hydrogen (secondary N) is 2. The van der Waals surface area contributed by atoms with Crippen LogP contribution in [0, 0.1) is 0 Å². The molecular weight excluding hydrogens is 1040 g/mol. The van der Waals surface area contributed by atoms with Crippen LogP contribution in [0.1, 0.15) is 119 Å². The summed E-state index contributed by atoms with van der Waals surface area (Å²) in [5, 5.41) is 8.49. The molecule has 3 aliphatic heterocycles. The Bertz CT molecular complexity index is 4340. The standard InChI is InChI=1S/C74H74B2N8O/c1-48(2)54-23-20-24-55(49(3)4)70(54)63-44-52(45-69(79-63)85-53-32-33-56-57-41-50(73(5,6)7)31-34-64(57)84(68(56)46-53)72-80-62-27-12-13-28-65(62)81(72)11)82-47-83(67-30-15-14-29-66(67)82)71-58(60-25-21-39-77-37-18-16-35-75-60)42-51(74(8,9)10)43-59(71)61-26-22-40-78-38-19-17-36-76-61/h12-46,48-49,77-78H,47H2,1-11H3/b35-16-,36-17-,37-18-,38-19-,39-21-,40-22-,60-25-,61-26-/i11D3. The molecule has 0 spiro atoms. The van der Waals surface area contributed by atoms with Crippen molar-refractivity contribution in [3.8, 4) is 28.8 Å². The predicted octanol–water partition coefficient (Wildman–Crippen LogP) is 18.0. The summed E-state index contributed by atoms with van der Waals surface area (Å²) >= 11 is 0. The number of para-hydroxylation sites is 4. The van der Waals surface area contributed by atoms with Gasteiger partial charge in [0.1, 0.15) is 12.4 Å². The third kappa shape index (κ3) is 11.1. The van der Waals surface area contributed by atoms with Crippen molar-refractivity contribution >= 4 is 81.1 Å². The number of hydrogen-bond acceptors (Lipinski definition) is 7. The SMILES string of the molecule is [2H]C([2H])([2H])n1c(-n2c3ccc(C(C)(C)C)cc3c3ccc(Oc4cc(N5CN(c6c(/C7=C/C=C\N/C=C\C=C/[B]7)cc(C(C)(C)C)cc6/C6=C/C=C\N/C=C\C=C/[B]6)c6ccccc65)cc(-c5c(C(C)C)cccc5C(C)C)n4)cc32)nc2ccccc21. The van der Waals surface area contributed by atoms with Gasteiger partial charge in [-0.15, -0.1) is 12.0 Å². The first-order chi connectivity index (χ1) is 42.2. The molecule has 85 heavy (non-hydrogen) atoms. The van der Waals surface area contributed by atoms with Crippen LogP contribution in [0.4, 0.5) is 22.7 Å². The third-order valence-electron chi connectivity index (χ3n) is 16.2. The van der Waals surface area contributed by atoms with Gasteiger partial charge in [-0.2, -0.15) is 0 Å². The lowest BCUT2D eigenvalue weighted by atomic mass is 9.62. The van der Waals surface area contributed by atoms with Gasteiger partial charge in [0.05, 0.1) is 50.5 Å². The molecule has 2 N–H and O–H groups in total. The van der Waals surface area contributed by atoms with E-state index in [1.807, 2.05) is 77.9 Å². The van der Waals surface area contributed by atoms with E-state index >= 15 is 0 Å². The zero-order chi connectivity index (χ0) is 61.6. The van der Waals surface area contributed by atoms with Gasteiger partial charge in [0, 0.05) is 64.4 Å². The largest absolute Gasteiger partial charge is 0.439 e. The highest BCUT2D eigenvalue weighted by molar-refractivity contribution is 6.67. The lowest BCUT2D eigenvalue weighted by Gasteiger charge is -2.31. The molecule has 11 heteroatoms. The second-order valence-electron chi connectivity index (χ2n) is 24.8. The van der Waals surface area contributed by atoms with Gasteiger partial charge >= 0.3 is 0 Å². The van der Waals surface area contributed by atoms with Crippen molar-refractivity contribution in [1.82, 2.24) is 29.7 Å². The number of ether oxygens (including phenoxy) is 1. The van der Waals surface area contributed by atoms with Crippen LogP contribution < -0.4 is 25.2 Å². The first-order valence-corrected chi connectivity index (χ1v) is 29.6. The minimum atomic E-state index is -2.54. The van der Waals surface area contributed by atoms with E-state index in [9.17, 15) is 0 Å². The molecular formula is C74H74B2N8O. The lowest BCUT2D eigenvalue weighted by Crippen LogP contribution is -2.27. The van der Waals surface area contributed by atoms with Crippen molar-refractivity contribution in [1.29, 1.82) is 0 Å². The molecule has 0 aliphatic carbocycles. The topological polar surface area (TPSA) is 75.4 Å². The molecule has 0 amide bonds. The second-order valence-corrected chi connectivity index (χ2v) is 24.8. The molecule has 6 aromatic carbocycles. The molecule has 6 heterocycles. The smallest absolute Gasteiger partial charge is 0.221 e. The molecule has 0 saturated heterocycles. The summed E-state index contributed by atoms with van der Waals surface area (Å²) in [6.45, 7) is 20.3. The van der Waals surface area contributed by atoms with Crippen molar-refractivity contribution in [3.05, 3.63) is 246 Å². The van der Waals surface area contributed by atoms with Crippen LogP contribution in [-0.2, 0) is 17.8 Å². The summed E-state index contributed by atoms with van der Waals surface area (Å²) in [5.74, 6) is 5.82. The predicted molar refractivity (Wildman–Crippen MR) is 361 cm³/mol. The van der Waals surface area contributed by atoms with E-state index in [1.165, 1.54) is 21.3 Å². The average molecular weight is 1120 g/mol. The van der Waals surface area contributed by atoms with Crippen LogP contribution in [-0.4, -0.2) is 40.3 Å². The maximum atomic E-state index is 8.89. The lowest BCUT2D eigenvalue weighted by molar-refractivity contribution is 0.464. The van der Waals surface area contributed by atoms with Crippen molar-refractivity contribution in [2.24, 2.45) is 6.98 Å². The zero-order valence-corrected chi connectivity index (χ0v) is 50.3. The Hall–Kier alpha value is -9.21. The molecule has 0 bridgehead atoms. The van der Waals surface area contributed by atoms with Crippen molar-refractivity contribution in [2.75, 3.05) is 16.5 Å². The Balaban J connectivity index is 1.07. The van der Waals surface area contributed by atoms with Gasteiger partial charge in [-0.25, -0.2) is 9.97 Å². The fraction of sp³-hybridized carbons (Fsp3) is 0.216. The van der Waals surface area contributed by atoms with Gasteiger partial charge in [0.2, 0.25) is 11.8 Å². The number of aryl methyl sites for hydroxylation is 1. The molecule has 422 valence electrons. The highest BCUT2D eigenvalue weighted by atomic mass is 16.5. The van der Waals surface area contributed by atoms with E-state index in [2.05, 4.69) is 244 Å². The maximum absolute atomic E-state index is 8.89. The van der Waals surface area contributed by atoms with E-state index in [-0.39, 0.29) is 22.7 Å². The van der Waals surface area contributed by atoms with Crippen LogP contribution in [0.2, 0.25) is 0 Å². The third-order valence-corrected chi connectivity index (χ3v) is 16.2. The highest BCUT2D eigenvalue weighted by Gasteiger charge is 2.34. The molecule has 0 unspecified atom stereocenters. The van der Waals surface area contributed by atoms with E-state index in [4.69, 9.17) is 18.8 Å². The maximum Gasteiger partial charge on any atom is 0.221 e. The van der Waals surface area contributed by atoms with Crippen molar-refractivity contribution < 1.29 is 8.85 Å². The zero-order valence-electron chi connectivity index (χ0n) is 53.3. The monoisotopic (exact) mass is 1120 g/mol. The number of aromatic nitrogens is 4. The molecule has 0 fully saturated rings. The van der Waals surface area contributed by atoms with E-state index in [0.29, 0.717) is 35.3 Å². The van der Waals surface area contributed by atoms with Crippen LogP contribution in [0.25, 0.3) is 61.0 Å². The number of rotatable bonds is 10. The number of hydrogen-bond donors (Lipinski definition) is 2. The van der Waals surface area contributed by atoms with Crippen molar-refractivity contribution in [2.45, 2.75) is 91.9 Å². The Morgan fingerprint density at radius 1 is 0.565 bits per heavy atom. The van der Waals surface area contributed by atoms with Gasteiger partial charge in [0.25, 0.3) is 0 Å². The van der Waals surface area contributed by atoms with E-state index < -0.39 is 6.98 Å². The van der Waals surface area contributed by atoms with Gasteiger partial charge in [0.15, 0.2) is 14.6 Å². The van der Waals surface area contributed by atoms with Crippen LogP contribution >= 0.6 is 0 Å². The Morgan fingerprint density at radius 2 is 1.19 bits per heavy atom. The fourth-order valence-corrected chi connectivity index (χ4v) is 11.8. The summed E-state index contributed by atoms with van der Waals surface area (Å²) in [5.41, 5.74) is 17.3. The molecule has 3 aromatic heterocycles. The van der Waals surface area contributed by atoms with E-state index in [0.717, 1.165) is 83.4 Å². The van der Waals surface area contributed by atoms with Gasteiger partial charge in [-0.3, -0.25) is 4.57 Å². The number of nitrogens with zero attached hydrogens (tertiary/aromatic N) is 6. The first kappa shape index (κ1) is 52.6. The average Bonchev–Trinajstić information content (AvgIpc) is 2.85. The van der Waals surface area contributed by atoms with Crippen LogP contribution in [0.3, 0.4) is 0 Å². The molecule has 12 rings (SSSR count). The fourth-order valence-electron chi connectivity index (χ4n) is 11.8. The van der Waals surface area contributed by atoms with Crippen LogP contribution in [0.5, 0.6) is 11.6 Å². The van der Waals surface area contributed by atoms with Gasteiger partial charge < -0.3 is 29.7 Å². The highest BCUT2D eigenvalue weighted by Crippen LogP contribution is 2.51. The number of pyridine rings is 1. The van der Waals surface area contributed by atoms with Crippen molar-refractivity contribution in [3.63, 3.8) is 0 Å². The first-order valence-electron chi connectivity index (χ1n) is 31.1. The molecule has 9 aromatic rings. The summed E-state index contributed by atoms with van der Waals surface area (Å²) in [6, 6.07) is 44.3. The van der Waals surface area contributed by atoms with Crippen LogP contribution in [0.15, 0.2) is 213 Å². The van der Waals surface area contributed by atoms with Gasteiger partial charge in [-0.05, 0) is 147 Å². The summed E-state index contributed by atoms with van der Waals surface area (Å²) < 4.78 is 37.3. The number of anilines is 4. The normalized spacial score (nSPS) is 18.8. The summed E-state index contributed by atoms with van der Waals surface area (Å²) in [4.78, 5) is 15.5. The van der Waals surface area contributed by atoms with E-state index in [1.54, 1.807) is 0 Å². The molecule has 0 atom stereocenters. The summed E-state index contributed by atoms with van der Waals surface area (Å²) in [7, 11) is 4.41. The molecule has 2 radical (unpaired) electrons. The minimum absolute atomic E-state index is 0.146. The second kappa shape index (κ2) is 23.1. The Labute approximate surface area is 507 Å². The minimum Gasteiger partial charge on any atom is -0.439 e. The number of imidazole rings is 1. The number of allylic oxidation sites excluding steroid dienone is 8. The Morgan fingerprint density at radius 3 is 1.82 bits per heavy atom.